The lowest BCUT2D eigenvalue weighted by Gasteiger charge is -2.09. The molecular formula is C13H8F3NO4. The molecule has 2 aromatic rings. The first kappa shape index (κ1) is 14.6. The van der Waals surface area contributed by atoms with Crippen molar-refractivity contribution in [2.24, 2.45) is 0 Å². The van der Waals surface area contributed by atoms with Gasteiger partial charge in [0.1, 0.15) is 0 Å². The maximum atomic E-state index is 12.5. The zero-order valence-corrected chi connectivity index (χ0v) is 10.3. The summed E-state index contributed by atoms with van der Waals surface area (Å²) >= 11 is 0. The second-order valence-electron chi connectivity index (χ2n) is 4.00. The van der Waals surface area contributed by atoms with E-state index in [1.165, 1.54) is 6.07 Å². The number of carboxylic acids is 1. The van der Waals surface area contributed by atoms with Crippen molar-refractivity contribution in [3.8, 4) is 0 Å². The Bertz CT molecular complexity index is 691. The molecule has 0 atom stereocenters. The summed E-state index contributed by atoms with van der Waals surface area (Å²) in [7, 11) is 0. The Balaban J connectivity index is 2.17. The van der Waals surface area contributed by atoms with Gasteiger partial charge < -0.3 is 14.8 Å². The number of halogens is 3. The SMILES string of the molecule is O=C(O)c1ccc(C(=O)Nc2cccc(C(F)(F)F)c2)o1. The minimum Gasteiger partial charge on any atom is -0.475 e. The largest absolute Gasteiger partial charge is 0.475 e. The van der Waals surface area contributed by atoms with Gasteiger partial charge in [0.05, 0.1) is 5.56 Å². The Morgan fingerprint density at radius 2 is 1.76 bits per heavy atom. The maximum Gasteiger partial charge on any atom is 0.416 e. The number of benzene rings is 1. The Morgan fingerprint density at radius 1 is 1.10 bits per heavy atom. The number of hydrogen-bond acceptors (Lipinski definition) is 3. The fourth-order valence-electron chi connectivity index (χ4n) is 1.54. The van der Waals surface area contributed by atoms with Crippen LogP contribution in [0.5, 0.6) is 0 Å². The molecular weight excluding hydrogens is 291 g/mol. The van der Waals surface area contributed by atoms with Crippen molar-refractivity contribution in [3.05, 3.63) is 53.5 Å². The van der Waals surface area contributed by atoms with Crippen LogP contribution < -0.4 is 5.32 Å². The molecule has 0 fully saturated rings. The van der Waals surface area contributed by atoms with Crippen molar-refractivity contribution in [1.29, 1.82) is 0 Å². The quantitative estimate of drug-likeness (QED) is 0.911. The Hall–Kier alpha value is -2.77. The van der Waals surface area contributed by atoms with Crippen LogP contribution in [-0.4, -0.2) is 17.0 Å². The van der Waals surface area contributed by atoms with Gasteiger partial charge >= 0.3 is 12.1 Å². The van der Waals surface area contributed by atoms with Crippen molar-refractivity contribution >= 4 is 17.6 Å². The Morgan fingerprint density at radius 3 is 2.33 bits per heavy atom. The van der Waals surface area contributed by atoms with Crippen LogP contribution in [0.15, 0.2) is 40.8 Å². The molecule has 2 N–H and O–H groups in total. The number of hydrogen-bond donors (Lipinski definition) is 2. The molecule has 0 saturated heterocycles. The van der Waals surface area contributed by atoms with Crippen molar-refractivity contribution in [3.63, 3.8) is 0 Å². The lowest BCUT2D eigenvalue weighted by Crippen LogP contribution is -2.12. The van der Waals surface area contributed by atoms with Crippen LogP contribution in [0.1, 0.15) is 26.7 Å². The highest BCUT2D eigenvalue weighted by Gasteiger charge is 2.30. The summed E-state index contributed by atoms with van der Waals surface area (Å²) in [5.74, 6) is -2.95. The number of rotatable bonds is 3. The number of amides is 1. The number of anilines is 1. The summed E-state index contributed by atoms with van der Waals surface area (Å²) in [6.45, 7) is 0. The van der Waals surface area contributed by atoms with E-state index in [0.717, 1.165) is 30.3 Å². The average Bonchev–Trinajstić information content (AvgIpc) is 2.88. The molecule has 0 saturated carbocycles. The minimum atomic E-state index is -4.53. The van der Waals surface area contributed by atoms with E-state index >= 15 is 0 Å². The summed E-state index contributed by atoms with van der Waals surface area (Å²) in [6, 6.07) is 6.23. The second-order valence-corrected chi connectivity index (χ2v) is 4.00. The molecule has 0 aliphatic rings. The molecule has 5 nitrogen and oxygen atoms in total. The standard InChI is InChI=1S/C13H8F3NO4/c14-13(15,16)7-2-1-3-8(6-7)17-11(18)9-4-5-10(21-9)12(19)20/h1-6H,(H,17,18)(H,19,20). The molecule has 1 amide bonds. The lowest BCUT2D eigenvalue weighted by molar-refractivity contribution is -0.137. The van der Waals surface area contributed by atoms with E-state index < -0.39 is 29.4 Å². The number of furan rings is 1. The minimum absolute atomic E-state index is 0.0805. The average molecular weight is 299 g/mol. The molecule has 1 aromatic carbocycles. The van der Waals surface area contributed by atoms with Crippen molar-refractivity contribution in [2.45, 2.75) is 6.18 Å². The highest BCUT2D eigenvalue weighted by Crippen LogP contribution is 2.30. The van der Waals surface area contributed by atoms with E-state index in [9.17, 15) is 22.8 Å². The summed E-state index contributed by atoms with van der Waals surface area (Å²) in [4.78, 5) is 22.3. The van der Waals surface area contributed by atoms with E-state index in [-0.39, 0.29) is 11.4 Å². The van der Waals surface area contributed by atoms with E-state index in [0.29, 0.717) is 0 Å². The van der Waals surface area contributed by atoms with Crippen LogP contribution >= 0.6 is 0 Å². The number of nitrogens with one attached hydrogen (secondary N) is 1. The van der Waals surface area contributed by atoms with Gasteiger partial charge in [-0.25, -0.2) is 4.79 Å². The van der Waals surface area contributed by atoms with Gasteiger partial charge in [0, 0.05) is 5.69 Å². The van der Waals surface area contributed by atoms with Crippen molar-refractivity contribution < 1.29 is 32.3 Å². The van der Waals surface area contributed by atoms with Gasteiger partial charge in [-0.1, -0.05) is 6.07 Å². The van der Waals surface area contributed by atoms with Crippen LogP contribution in [-0.2, 0) is 6.18 Å². The second kappa shape index (κ2) is 5.31. The Labute approximate surface area is 116 Å². The molecule has 0 bridgehead atoms. The monoisotopic (exact) mass is 299 g/mol. The van der Waals surface area contributed by atoms with Gasteiger partial charge in [0.15, 0.2) is 5.76 Å². The van der Waals surface area contributed by atoms with Gasteiger partial charge in [-0.2, -0.15) is 13.2 Å². The first-order chi connectivity index (χ1) is 9.77. The molecule has 21 heavy (non-hydrogen) atoms. The Kier molecular flexibility index (Phi) is 3.70. The zero-order valence-electron chi connectivity index (χ0n) is 10.3. The third-order valence-corrected chi connectivity index (χ3v) is 2.49. The number of carboxylic acid groups (broad SMARTS) is 1. The van der Waals surface area contributed by atoms with Crippen LogP contribution in [0.2, 0.25) is 0 Å². The fourth-order valence-corrected chi connectivity index (χ4v) is 1.54. The molecule has 0 unspecified atom stereocenters. The number of aromatic carboxylic acids is 1. The molecule has 0 radical (unpaired) electrons. The molecule has 2 rings (SSSR count). The maximum absolute atomic E-state index is 12.5. The predicted octanol–water partition coefficient (Wildman–Crippen LogP) is 3.25. The number of carbonyl (C=O) groups is 2. The molecule has 0 aliphatic carbocycles. The molecule has 8 heteroatoms. The van der Waals surface area contributed by atoms with Crippen molar-refractivity contribution in [1.82, 2.24) is 0 Å². The number of carbonyl (C=O) groups excluding carboxylic acids is 1. The number of alkyl halides is 3. The van der Waals surface area contributed by atoms with Gasteiger partial charge in [-0.3, -0.25) is 4.79 Å². The smallest absolute Gasteiger partial charge is 0.416 e. The first-order valence-electron chi connectivity index (χ1n) is 5.59. The van der Waals surface area contributed by atoms with Crippen molar-refractivity contribution in [2.75, 3.05) is 5.32 Å². The predicted molar refractivity (Wildman–Crippen MR) is 65.1 cm³/mol. The summed E-state index contributed by atoms with van der Waals surface area (Å²) in [5.41, 5.74) is -0.992. The zero-order chi connectivity index (χ0) is 15.6. The normalized spacial score (nSPS) is 11.2. The van der Waals surface area contributed by atoms with Crippen LogP contribution in [0.25, 0.3) is 0 Å². The topological polar surface area (TPSA) is 79.5 Å². The molecule has 1 aromatic heterocycles. The molecule has 0 aliphatic heterocycles. The summed E-state index contributed by atoms with van der Waals surface area (Å²) in [5, 5.41) is 10.8. The molecule has 1 heterocycles. The third kappa shape index (κ3) is 3.41. The van der Waals surface area contributed by atoms with Crippen LogP contribution in [0.3, 0.4) is 0 Å². The van der Waals surface area contributed by atoms with Crippen LogP contribution in [0.4, 0.5) is 18.9 Å². The molecule has 110 valence electrons. The van der Waals surface area contributed by atoms with E-state index in [1.54, 1.807) is 0 Å². The van der Waals surface area contributed by atoms with E-state index in [4.69, 9.17) is 9.52 Å². The summed E-state index contributed by atoms with van der Waals surface area (Å²) < 4.78 is 42.3. The summed E-state index contributed by atoms with van der Waals surface area (Å²) in [6.07, 6.45) is -4.53. The molecule has 0 spiro atoms. The van der Waals surface area contributed by atoms with Gasteiger partial charge in [-0.15, -0.1) is 0 Å². The third-order valence-electron chi connectivity index (χ3n) is 2.49. The first-order valence-corrected chi connectivity index (χ1v) is 5.59. The highest BCUT2D eigenvalue weighted by molar-refractivity contribution is 6.02. The van der Waals surface area contributed by atoms with Gasteiger partial charge in [0.2, 0.25) is 5.76 Å². The fraction of sp³-hybridized carbons (Fsp3) is 0.0769. The van der Waals surface area contributed by atoms with Gasteiger partial charge in [-0.05, 0) is 30.3 Å². The highest BCUT2D eigenvalue weighted by atomic mass is 19.4. The van der Waals surface area contributed by atoms with Crippen LogP contribution in [0, 0.1) is 0 Å². The lowest BCUT2D eigenvalue weighted by atomic mass is 10.2. The van der Waals surface area contributed by atoms with E-state index in [1.807, 2.05) is 0 Å². The van der Waals surface area contributed by atoms with Gasteiger partial charge in [0.25, 0.3) is 5.91 Å². The van der Waals surface area contributed by atoms with E-state index in [2.05, 4.69) is 5.32 Å².